The lowest BCUT2D eigenvalue weighted by Crippen LogP contribution is -2.16. The van der Waals surface area contributed by atoms with Gasteiger partial charge in [0.05, 0.1) is 0 Å². The molecule has 0 radical (unpaired) electrons. The predicted octanol–water partition coefficient (Wildman–Crippen LogP) is 3.08. The highest BCUT2D eigenvalue weighted by Gasteiger charge is 2.29. The van der Waals surface area contributed by atoms with Gasteiger partial charge in [-0.05, 0) is 43.9 Å². The number of benzene rings is 1. The van der Waals surface area contributed by atoms with Crippen LogP contribution < -0.4 is 10.6 Å². The van der Waals surface area contributed by atoms with Gasteiger partial charge in [0.15, 0.2) is 0 Å². The second-order valence-corrected chi connectivity index (χ2v) is 5.04. The lowest BCUT2D eigenvalue weighted by Gasteiger charge is -2.13. The van der Waals surface area contributed by atoms with Gasteiger partial charge in [-0.1, -0.05) is 13.0 Å². The summed E-state index contributed by atoms with van der Waals surface area (Å²) >= 11 is 0. The molecule has 0 heterocycles. The van der Waals surface area contributed by atoms with Crippen molar-refractivity contribution in [2.45, 2.75) is 39.5 Å². The minimum atomic E-state index is 0.0104. The number of rotatable bonds is 5. The average Bonchev–Trinajstić information content (AvgIpc) is 3.18. The van der Waals surface area contributed by atoms with Gasteiger partial charge >= 0.3 is 0 Å². The summed E-state index contributed by atoms with van der Waals surface area (Å²) in [5.41, 5.74) is 2.46. The zero-order valence-corrected chi connectivity index (χ0v) is 11.5. The second-order valence-electron chi connectivity index (χ2n) is 5.04. The van der Waals surface area contributed by atoms with Crippen LogP contribution >= 0.6 is 0 Å². The Balaban J connectivity index is 2.08. The monoisotopic (exact) mass is 260 g/mol. The maximum atomic E-state index is 11.8. The van der Waals surface area contributed by atoms with Crippen molar-refractivity contribution in [3.8, 4) is 0 Å². The van der Waals surface area contributed by atoms with Crippen LogP contribution in [-0.2, 0) is 9.59 Å². The molecular weight excluding hydrogens is 240 g/mol. The summed E-state index contributed by atoms with van der Waals surface area (Å²) in [5, 5.41) is 5.81. The summed E-state index contributed by atoms with van der Waals surface area (Å²) in [4.78, 5) is 23.4. The number of carbonyl (C=O) groups is 2. The van der Waals surface area contributed by atoms with E-state index in [1.165, 1.54) is 0 Å². The fourth-order valence-electron chi connectivity index (χ4n) is 1.93. The Bertz CT molecular complexity index is 493. The molecule has 102 valence electrons. The SMILES string of the molecule is CCCC(=O)Nc1cccc(NC(=O)C2CC2)c1C. The number of carbonyl (C=O) groups excluding carboxylic acids is 2. The number of hydrogen-bond acceptors (Lipinski definition) is 2. The minimum absolute atomic E-state index is 0.0104. The van der Waals surface area contributed by atoms with Crippen molar-refractivity contribution >= 4 is 23.2 Å². The Morgan fingerprint density at radius 2 is 1.84 bits per heavy atom. The molecule has 2 N–H and O–H groups in total. The highest BCUT2D eigenvalue weighted by Crippen LogP contribution is 2.31. The first-order valence-electron chi connectivity index (χ1n) is 6.82. The van der Waals surface area contributed by atoms with Crippen LogP contribution in [0.2, 0.25) is 0 Å². The fraction of sp³-hybridized carbons (Fsp3) is 0.467. The molecule has 0 aliphatic heterocycles. The molecule has 0 saturated heterocycles. The Hall–Kier alpha value is -1.84. The Morgan fingerprint density at radius 3 is 2.42 bits per heavy atom. The Labute approximate surface area is 113 Å². The van der Waals surface area contributed by atoms with E-state index in [1.54, 1.807) is 0 Å². The van der Waals surface area contributed by atoms with Crippen LogP contribution in [-0.4, -0.2) is 11.8 Å². The molecule has 2 amide bonds. The Morgan fingerprint density at radius 1 is 1.21 bits per heavy atom. The zero-order chi connectivity index (χ0) is 13.8. The van der Waals surface area contributed by atoms with Gasteiger partial charge in [0.1, 0.15) is 0 Å². The van der Waals surface area contributed by atoms with E-state index in [-0.39, 0.29) is 17.7 Å². The molecule has 0 atom stereocenters. The van der Waals surface area contributed by atoms with E-state index in [9.17, 15) is 9.59 Å². The van der Waals surface area contributed by atoms with Gasteiger partial charge in [0, 0.05) is 23.7 Å². The number of amides is 2. The van der Waals surface area contributed by atoms with E-state index in [1.807, 2.05) is 32.0 Å². The van der Waals surface area contributed by atoms with Crippen LogP contribution in [0.4, 0.5) is 11.4 Å². The number of hydrogen-bond donors (Lipinski definition) is 2. The van der Waals surface area contributed by atoms with Crippen molar-refractivity contribution in [1.29, 1.82) is 0 Å². The van der Waals surface area contributed by atoms with E-state index in [0.29, 0.717) is 6.42 Å². The summed E-state index contributed by atoms with van der Waals surface area (Å²) in [7, 11) is 0. The standard InChI is InChI=1S/C15H20N2O2/c1-3-5-14(18)16-12-6-4-7-13(10(12)2)17-15(19)11-8-9-11/h4,6-7,11H,3,5,8-9H2,1-2H3,(H,16,18)(H,17,19). The topological polar surface area (TPSA) is 58.2 Å². The largest absolute Gasteiger partial charge is 0.326 e. The maximum absolute atomic E-state index is 11.8. The molecule has 19 heavy (non-hydrogen) atoms. The third kappa shape index (κ3) is 3.56. The van der Waals surface area contributed by atoms with Crippen LogP contribution in [0.25, 0.3) is 0 Å². The summed E-state index contributed by atoms with van der Waals surface area (Å²) < 4.78 is 0. The molecule has 0 unspecified atom stereocenters. The van der Waals surface area contributed by atoms with Crippen LogP contribution in [0, 0.1) is 12.8 Å². The predicted molar refractivity (Wildman–Crippen MR) is 76.1 cm³/mol. The molecule has 0 aromatic heterocycles. The molecule has 2 rings (SSSR count). The first-order chi connectivity index (χ1) is 9.11. The first-order valence-corrected chi connectivity index (χ1v) is 6.82. The van der Waals surface area contributed by atoms with Gasteiger partial charge in [-0.2, -0.15) is 0 Å². The van der Waals surface area contributed by atoms with Crippen LogP contribution in [0.5, 0.6) is 0 Å². The van der Waals surface area contributed by atoms with Gasteiger partial charge in [-0.15, -0.1) is 0 Å². The third-order valence-corrected chi connectivity index (χ3v) is 3.29. The molecule has 4 heteroatoms. The summed E-state index contributed by atoms with van der Waals surface area (Å²) in [6.45, 7) is 3.88. The van der Waals surface area contributed by atoms with Crippen LogP contribution in [0.1, 0.15) is 38.2 Å². The van der Waals surface area contributed by atoms with Gasteiger partial charge in [0.2, 0.25) is 11.8 Å². The van der Waals surface area contributed by atoms with E-state index in [4.69, 9.17) is 0 Å². The number of nitrogens with one attached hydrogen (secondary N) is 2. The molecule has 1 aromatic carbocycles. The molecule has 1 aliphatic carbocycles. The molecule has 1 aromatic rings. The molecular formula is C15H20N2O2. The van der Waals surface area contributed by atoms with E-state index < -0.39 is 0 Å². The van der Waals surface area contributed by atoms with Crippen molar-refractivity contribution in [3.05, 3.63) is 23.8 Å². The molecule has 0 bridgehead atoms. The van der Waals surface area contributed by atoms with Crippen LogP contribution in [0.15, 0.2) is 18.2 Å². The molecule has 1 fully saturated rings. The van der Waals surface area contributed by atoms with Crippen molar-refractivity contribution in [1.82, 2.24) is 0 Å². The first kappa shape index (κ1) is 13.6. The second kappa shape index (κ2) is 5.87. The third-order valence-electron chi connectivity index (χ3n) is 3.29. The maximum Gasteiger partial charge on any atom is 0.227 e. The van der Waals surface area contributed by atoms with Crippen molar-refractivity contribution in [2.24, 2.45) is 5.92 Å². The minimum Gasteiger partial charge on any atom is -0.326 e. The normalized spacial score (nSPS) is 14.0. The molecule has 1 saturated carbocycles. The van der Waals surface area contributed by atoms with Crippen molar-refractivity contribution in [3.63, 3.8) is 0 Å². The number of anilines is 2. The van der Waals surface area contributed by atoms with Crippen molar-refractivity contribution in [2.75, 3.05) is 10.6 Å². The smallest absolute Gasteiger partial charge is 0.227 e. The zero-order valence-electron chi connectivity index (χ0n) is 11.5. The Kier molecular flexibility index (Phi) is 4.20. The van der Waals surface area contributed by atoms with Crippen LogP contribution in [0.3, 0.4) is 0 Å². The lowest BCUT2D eigenvalue weighted by molar-refractivity contribution is -0.117. The van der Waals surface area contributed by atoms with E-state index in [0.717, 1.165) is 36.2 Å². The van der Waals surface area contributed by atoms with Gasteiger partial charge in [-0.25, -0.2) is 0 Å². The molecule has 0 spiro atoms. The summed E-state index contributed by atoms with van der Waals surface area (Å²) in [6.07, 6.45) is 3.30. The highest BCUT2D eigenvalue weighted by molar-refractivity contribution is 5.97. The van der Waals surface area contributed by atoms with Gasteiger partial charge in [0.25, 0.3) is 0 Å². The molecule has 1 aliphatic rings. The average molecular weight is 260 g/mol. The fourth-order valence-corrected chi connectivity index (χ4v) is 1.93. The van der Waals surface area contributed by atoms with E-state index >= 15 is 0 Å². The van der Waals surface area contributed by atoms with Crippen molar-refractivity contribution < 1.29 is 9.59 Å². The molecule has 4 nitrogen and oxygen atoms in total. The summed E-state index contributed by atoms with van der Waals surface area (Å²) in [5.74, 6) is 0.272. The highest BCUT2D eigenvalue weighted by atomic mass is 16.2. The van der Waals surface area contributed by atoms with Gasteiger partial charge in [-0.3, -0.25) is 9.59 Å². The quantitative estimate of drug-likeness (QED) is 0.854. The lowest BCUT2D eigenvalue weighted by atomic mass is 10.1. The van der Waals surface area contributed by atoms with E-state index in [2.05, 4.69) is 10.6 Å². The van der Waals surface area contributed by atoms with Gasteiger partial charge < -0.3 is 10.6 Å². The summed E-state index contributed by atoms with van der Waals surface area (Å²) in [6, 6.07) is 5.57.